The van der Waals surface area contributed by atoms with Crippen LogP contribution in [-0.2, 0) is 4.79 Å². The first kappa shape index (κ1) is 19.0. The van der Waals surface area contributed by atoms with Crippen molar-refractivity contribution >= 4 is 51.0 Å². The molecule has 0 bridgehead atoms. The summed E-state index contributed by atoms with van der Waals surface area (Å²) < 4.78 is 0. The van der Waals surface area contributed by atoms with Crippen molar-refractivity contribution in [1.29, 1.82) is 0 Å². The van der Waals surface area contributed by atoms with E-state index >= 15 is 0 Å². The van der Waals surface area contributed by atoms with E-state index < -0.39 is 0 Å². The van der Waals surface area contributed by atoms with Gasteiger partial charge in [-0.2, -0.15) is 0 Å². The minimum Gasteiger partial charge on any atom is -0.344 e. The van der Waals surface area contributed by atoms with Crippen molar-refractivity contribution in [2.45, 2.75) is 19.9 Å². The molecule has 0 radical (unpaired) electrons. The molecule has 2 aromatic heterocycles. The van der Waals surface area contributed by atoms with E-state index in [0.717, 1.165) is 37.0 Å². The summed E-state index contributed by atoms with van der Waals surface area (Å²) in [6.07, 6.45) is 10.7. The second-order valence-electron chi connectivity index (χ2n) is 6.73. The summed E-state index contributed by atoms with van der Waals surface area (Å²) >= 11 is 3.09. The van der Waals surface area contributed by atoms with Gasteiger partial charge in [-0.25, -0.2) is 4.98 Å². The lowest BCUT2D eigenvalue weighted by Crippen LogP contribution is -2.50. The van der Waals surface area contributed by atoms with Crippen LogP contribution in [0.25, 0.3) is 12.2 Å². The molecule has 0 saturated carbocycles. The van der Waals surface area contributed by atoms with Crippen LogP contribution in [0.15, 0.2) is 29.3 Å². The monoisotopic (exact) mass is 414 g/mol. The third kappa shape index (κ3) is 4.21. The van der Waals surface area contributed by atoms with Crippen molar-refractivity contribution in [3.8, 4) is 0 Å². The molecule has 146 valence electrons. The molecule has 3 heterocycles. The number of aromatic nitrogens is 3. The average molecular weight is 415 g/mol. The SMILES string of the molecule is CC(=O)Nc1nnc(N2CCN([C@@H](C)C3=C\c4ncsc4\C=C/C=C/3)CC2)s1. The van der Waals surface area contributed by atoms with Crippen molar-refractivity contribution in [3.63, 3.8) is 0 Å². The Labute approximate surface area is 172 Å². The Hall–Kier alpha value is -2.36. The maximum Gasteiger partial charge on any atom is 0.223 e. The summed E-state index contributed by atoms with van der Waals surface area (Å²) in [6.45, 7) is 7.39. The molecule has 1 N–H and O–H groups in total. The van der Waals surface area contributed by atoms with Crippen molar-refractivity contribution in [1.82, 2.24) is 20.1 Å². The lowest BCUT2D eigenvalue weighted by atomic mass is 10.0. The zero-order valence-corrected chi connectivity index (χ0v) is 17.5. The van der Waals surface area contributed by atoms with E-state index in [2.05, 4.69) is 67.6 Å². The molecule has 1 aliphatic carbocycles. The van der Waals surface area contributed by atoms with E-state index in [1.165, 1.54) is 28.7 Å². The Kier molecular flexibility index (Phi) is 5.65. The molecule has 2 aromatic rings. The molecule has 0 unspecified atom stereocenters. The summed E-state index contributed by atoms with van der Waals surface area (Å²) in [5, 5.41) is 12.4. The molecule has 1 atom stereocenters. The van der Waals surface area contributed by atoms with Gasteiger partial charge in [-0.15, -0.1) is 21.5 Å². The summed E-state index contributed by atoms with van der Waals surface area (Å²) in [6, 6.07) is 0.309. The van der Waals surface area contributed by atoms with Gasteiger partial charge in [0.25, 0.3) is 0 Å². The average Bonchev–Trinajstić information content (AvgIpc) is 3.30. The highest BCUT2D eigenvalue weighted by molar-refractivity contribution is 7.19. The molecule has 28 heavy (non-hydrogen) atoms. The third-order valence-electron chi connectivity index (χ3n) is 4.89. The van der Waals surface area contributed by atoms with Gasteiger partial charge >= 0.3 is 0 Å². The minimum atomic E-state index is -0.125. The number of amides is 1. The minimum absolute atomic E-state index is 0.125. The predicted molar refractivity (Wildman–Crippen MR) is 116 cm³/mol. The Balaban J connectivity index is 1.41. The molecular formula is C19H22N6OS2. The van der Waals surface area contributed by atoms with Gasteiger partial charge in [0.15, 0.2) is 0 Å². The fourth-order valence-corrected chi connectivity index (χ4v) is 4.84. The first-order valence-corrected chi connectivity index (χ1v) is 10.9. The maximum atomic E-state index is 11.2. The van der Waals surface area contributed by atoms with E-state index in [-0.39, 0.29) is 5.91 Å². The first-order chi connectivity index (χ1) is 13.6. The zero-order valence-electron chi connectivity index (χ0n) is 15.8. The molecule has 9 heteroatoms. The lowest BCUT2D eigenvalue weighted by Gasteiger charge is -2.38. The van der Waals surface area contributed by atoms with Crippen molar-refractivity contribution in [2.24, 2.45) is 0 Å². The number of anilines is 2. The zero-order chi connectivity index (χ0) is 19.5. The number of carbonyl (C=O) groups excluding carboxylic acids is 1. The maximum absolute atomic E-state index is 11.2. The number of carbonyl (C=O) groups is 1. The normalized spacial score (nSPS) is 22.4. The highest BCUT2D eigenvalue weighted by atomic mass is 32.1. The fourth-order valence-electron chi connectivity index (χ4n) is 3.33. The Morgan fingerprint density at radius 2 is 1.96 bits per heavy atom. The van der Waals surface area contributed by atoms with Gasteiger partial charge in [0, 0.05) is 39.1 Å². The molecule has 2 aliphatic rings. The Morgan fingerprint density at radius 3 is 2.75 bits per heavy atom. The van der Waals surface area contributed by atoms with Crippen LogP contribution < -0.4 is 10.2 Å². The van der Waals surface area contributed by atoms with Gasteiger partial charge in [-0.1, -0.05) is 29.6 Å². The molecule has 1 fully saturated rings. The van der Waals surface area contributed by atoms with Crippen molar-refractivity contribution in [3.05, 3.63) is 39.9 Å². The van der Waals surface area contributed by atoms with Crippen LogP contribution in [0.2, 0.25) is 0 Å². The van der Waals surface area contributed by atoms with Crippen LogP contribution in [0.3, 0.4) is 0 Å². The number of rotatable bonds is 4. The van der Waals surface area contributed by atoms with Gasteiger partial charge in [0.2, 0.25) is 16.2 Å². The molecule has 1 amide bonds. The highest BCUT2D eigenvalue weighted by Gasteiger charge is 2.25. The smallest absolute Gasteiger partial charge is 0.223 e. The predicted octanol–water partition coefficient (Wildman–Crippen LogP) is 3.13. The van der Waals surface area contributed by atoms with Crippen LogP contribution in [0.4, 0.5) is 10.3 Å². The van der Waals surface area contributed by atoms with E-state index in [9.17, 15) is 4.79 Å². The molecule has 7 nitrogen and oxygen atoms in total. The van der Waals surface area contributed by atoms with E-state index in [1.807, 2.05) is 5.51 Å². The summed E-state index contributed by atoms with van der Waals surface area (Å²) in [4.78, 5) is 21.6. The number of piperazine rings is 1. The van der Waals surface area contributed by atoms with Crippen LogP contribution in [-0.4, -0.2) is 58.2 Å². The first-order valence-electron chi connectivity index (χ1n) is 9.20. The fraction of sp³-hybridized carbons (Fsp3) is 0.368. The summed E-state index contributed by atoms with van der Waals surface area (Å²) in [5.74, 6) is -0.125. The van der Waals surface area contributed by atoms with Crippen molar-refractivity contribution < 1.29 is 4.79 Å². The Morgan fingerprint density at radius 1 is 1.18 bits per heavy atom. The number of fused-ring (bicyclic) bond motifs is 1. The van der Waals surface area contributed by atoms with Crippen LogP contribution in [0, 0.1) is 0 Å². The summed E-state index contributed by atoms with van der Waals surface area (Å²) in [7, 11) is 0. The second-order valence-corrected chi connectivity index (χ2v) is 8.58. The molecule has 4 rings (SSSR count). The quantitative estimate of drug-likeness (QED) is 0.829. The van der Waals surface area contributed by atoms with Gasteiger partial charge in [0.05, 0.1) is 16.1 Å². The van der Waals surface area contributed by atoms with Gasteiger partial charge in [-0.05, 0) is 24.6 Å². The number of hydrogen-bond donors (Lipinski definition) is 1. The Bertz CT molecular complexity index is 936. The van der Waals surface area contributed by atoms with Gasteiger partial charge in [0.1, 0.15) is 0 Å². The number of nitrogens with zero attached hydrogens (tertiary/aromatic N) is 5. The third-order valence-corrected chi connectivity index (χ3v) is 6.60. The molecule has 0 spiro atoms. The summed E-state index contributed by atoms with van der Waals surface area (Å²) in [5.41, 5.74) is 4.22. The largest absolute Gasteiger partial charge is 0.344 e. The van der Waals surface area contributed by atoms with Crippen LogP contribution >= 0.6 is 22.7 Å². The topological polar surface area (TPSA) is 74.2 Å². The number of allylic oxidation sites excluding steroid dienone is 2. The molecule has 1 aliphatic heterocycles. The second kappa shape index (κ2) is 8.34. The van der Waals surface area contributed by atoms with E-state index in [0.29, 0.717) is 11.2 Å². The van der Waals surface area contributed by atoms with Gasteiger partial charge in [-0.3, -0.25) is 9.69 Å². The number of nitrogens with one attached hydrogen (secondary N) is 1. The highest BCUT2D eigenvalue weighted by Crippen LogP contribution is 2.27. The lowest BCUT2D eigenvalue weighted by molar-refractivity contribution is -0.114. The molecular weight excluding hydrogens is 392 g/mol. The molecule has 0 aromatic carbocycles. The number of thiazole rings is 1. The van der Waals surface area contributed by atoms with E-state index in [4.69, 9.17) is 0 Å². The molecule has 1 saturated heterocycles. The number of hydrogen-bond acceptors (Lipinski definition) is 8. The standard InChI is InChI=1S/C19H22N6OS2/c1-13(15-5-3-4-6-17-16(11-15)20-12-27-17)24-7-9-25(10-8-24)19-23-22-18(28-19)21-14(2)26/h3-6,11-13H,7-10H2,1-2H3,(H,21,22,26)/b4-3?,5-3+,6-4-,15-5?,15-11+,16-11?,17-6?/t13-/m0/s1. The van der Waals surface area contributed by atoms with E-state index in [1.54, 1.807) is 11.3 Å². The van der Waals surface area contributed by atoms with Crippen LogP contribution in [0.5, 0.6) is 0 Å². The van der Waals surface area contributed by atoms with Crippen molar-refractivity contribution in [2.75, 3.05) is 36.4 Å². The van der Waals surface area contributed by atoms with Crippen LogP contribution in [0.1, 0.15) is 24.4 Å². The van der Waals surface area contributed by atoms with Gasteiger partial charge < -0.3 is 10.2 Å².